The van der Waals surface area contributed by atoms with Gasteiger partial charge in [-0.1, -0.05) is 0 Å². The first kappa shape index (κ1) is 21.6. The van der Waals surface area contributed by atoms with Crippen LogP contribution in [-0.2, 0) is 30.4 Å². The Kier molecular flexibility index (Phi) is 5.68. The van der Waals surface area contributed by atoms with E-state index in [9.17, 15) is 14.4 Å². The summed E-state index contributed by atoms with van der Waals surface area (Å²) < 4.78 is 18.2. The Labute approximate surface area is 181 Å². The predicted octanol–water partition coefficient (Wildman–Crippen LogP) is 3.21. The Bertz CT molecular complexity index is 919. The molecule has 8 nitrogen and oxygen atoms in total. The molecular weight excluding hydrogens is 402 g/mol. The van der Waals surface area contributed by atoms with E-state index >= 15 is 0 Å². The van der Waals surface area contributed by atoms with Crippen LogP contribution in [-0.4, -0.2) is 41.3 Å². The monoisotopic (exact) mass is 431 g/mol. The highest BCUT2D eigenvalue weighted by atomic mass is 16.7. The summed E-state index contributed by atoms with van der Waals surface area (Å²) in [5.74, 6) is -0.309. The molecule has 0 saturated carbocycles. The van der Waals surface area contributed by atoms with Gasteiger partial charge in [-0.25, -0.2) is 4.79 Å². The fourth-order valence-corrected chi connectivity index (χ4v) is 4.33. The number of hydrogen-bond acceptors (Lipinski definition) is 7. The molecule has 0 N–H and O–H groups in total. The number of nitrogens with zero attached hydrogens (tertiary/aromatic N) is 1. The van der Waals surface area contributed by atoms with Gasteiger partial charge in [0.1, 0.15) is 11.5 Å². The predicted molar refractivity (Wildman–Crippen MR) is 109 cm³/mol. The molecule has 8 heteroatoms. The smallest absolute Gasteiger partial charge is 0.376 e. The minimum Gasteiger partial charge on any atom is -0.475 e. The Morgan fingerprint density at radius 2 is 1.74 bits per heavy atom. The molecule has 0 aliphatic carbocycles. The van der Waals surface area contributed by atoms with Gasteiger partial charge in [-0.05, 0) is 63.6 Å². The lowest BCUT2D eigenvalue weighted by Gasteiger charge is -2.37. The average Bonchev–Trinajstić information content (AvgIpc) is 3.08. The van der Waals surface area contributed by atoms with Crippen molar-refractivity contribution in [2.45, 2.75) is 84.5 Å². The SMILES string of the molecule is Cc1c(C)c2c(c(C)c1OC1CCCCO1)CCC(C)(C(=O)ON1C(=O)CCC1=O)O2. The van der Waals surface area contributed by atoms with Gasteiger partial charge in [0, 0.05) is 31.2 Å². The van der Waals surface area contributed by atoms with Crippen molar-refractivity contribution in [2.24, 2.45) is 0 Å². The zero-order chi connectivity index (χ0) is 22.3. The minimum atomic E-state index is -1.30. The zero-order valence-electron chi connectivity index (χ0n) is 18.5. The van der Waals surface area contributed by atoms with Crippen LogP contribution in [0.2, 0.25) is 0 Å². The van der Waals surface area contributed by atoms with Gasteiger partial charge in [-0.2, -0.15) is 0 Å². The van der Waals surface area contributed by atoms with Crippen LogP contribution in [0.25, 0.3) is 0 Å². The third-order valence-electron chi connectivity index (χ3n) is 6.49. The number of fused-ring (bicyclic) bond motifs is 1. The van der Waals surface area contributed by atoms with E-state index in [0.717, 1.165) is 47.3 Å². The molecule has 0 bridgehead atoms. The van der Waals surface area contributed by atoms with Crippen LogP contribution < -0.4 is 9.47 Å². The first-order valence-corrected chi connectivity index (χ1v) is 10.9. The van der Waals surface area contributed by atoms with Crippen LogP contribution in [0.4, 0.5) is 0 Å². The van der Waals surface area contributed by atoms with Crippen molar-refractivity contribution in [1.29, 1.82) is 0 Å². The first-order valence-electron chi connectivity index (χ1n) is 10.9. The van der Waals surface area contributed by atoms with Crippen molar-refractivity contribution >= 4 is 17.8 Å². The van der Waals surface area contributed by atoms with E-state index in [1.165, 1.54) is 0 Å². The van der Waals surface area contributed by atoms with Crippen LogP contribution in [0.15, 0.2) is 0 Å². The highest BCUT2D eigenvalue weighted by Crippen LogP contribution is 2.44. The molecule has 0 radical (unpaired) electrons. The maximum Gasteiger partial charge on any atom is 0.376 e. The molecular formula is C23H29NO7. The number of hydroxylamine groups is 2. The van der Waals surface area contributed by atoms with E-state index < -0.39 is 23.4 Å². The van der Waals surface area contributed by atoms with E-state index in [4.69, 9.17) is 19.0 Å². The summed E-state index contributed by atoms with van der Waals surface area (Å²) in [6.45, 7) is 8.24. The number of ether oxygens (including phenoxy) is 3. The number of carbonyl (C=O) groups is 3. The third-order valence-corrected chi connectivity index (χ3v) is 6.49. The van der Waals surface area contributed by atoms with E-state index in [1.54, 1.807) is 6.92 Å². The molecule has 1 aromatic carbocycles. The topological polar surface area (TPSA) is 91.4 Å². The van der Waals surface area contributed by atoms with Gasteiger partial charge in [-0.15, -0.1) is 5.06 Å². The van der Waals surface area contributed by atoms with Gasteiger partial charge in [0.15, 0.2) is 6.29 Å². The summed E-state index contributed by atoms with van der Waals surface area (Å²) in [5, 5.41) is 0.566. The largest absolute Gasteiger partial charge is 0.475 e. The van der Waals surface area contributed by atoms with Crippen molar-refractivity contribution in [3.8, 4) is 11.5 Å². The lowest BCUT2D eigenvalue weighted by Crippen LogP contribution is -2.49. The highest BCUT2D eigenvalue weighted by molar-refractivity contribution is 6.02. The second-order valence-electron chi connectivity index (χ2n) is 8.72. The molecule has 2 amide bonds. The Morgan fingerprint density at radius 3 is 2.39 bits per heavy atom. The highest BCUT2D eigenvalue weighted by Gasteiger charge is 2.45. The number of imide groups is 1. The molecule has 0 aromatic heterocycles. The molecule has 0 spiro atoms. The number of hydrogen-bond donors (Lipinski definition) is 0. The summed E-state index contributed by atoms with van der Waals surface area (Å²) in [6.07, 6.45) is 3.80. The standard InChI is InChI=1S/C23H29NO7/c1-13-14(2)21-16(15(3)20(13)29-19-7-5-6-12-28-19)10-11-23(4,30-21)22(27)31-24-17(25)8-9-18(24)26/h19H,5-12H2,1-4H3. The summed E-state index contributed by atoms with van der Waals surface area (Å²) in [7, 11) is 0. The van der Waals surface area contributed by atoms with Crippen LogP contribution in [0.5, 0.6) is 11.5 Å². The molecule has 2 atom stereocenters. The van der Waals surface area contributed by atoms with Gasteiger partial charge >= 0.3 is 5.97 Å². The van der Waals surface area contributed by atoms with Crippen molar-refractivity contribution in [1.82, 2.24) is 5.06 Å². The molecule has 168 valence electrons. The van der Waals surface area contributed by atoms with Gasteiger partial charge in [0.25, 0.3) is 11.8 Å². The molecule has 2 fully saturated rings. The third kappa shape index (κ3) is 3.89. The van der Waals surface area contributed by atoms with E-state index in [2.05, 4.69) is 0 Å². The van der Waals surface area contributed by atoms with Gasteiger partial charge < -0.3 is 19.0 Å². The van der Waals surface area contributed by atoms with Crippen molar-refractivity contribution in [3.05, 3.63) is 22.3 Å². The fourth-order valence-electron chi connectivity index (χ4n) is 4.33. The second kappa shape index (κ2) is 8.15. The molecule has 1 aromatic rings. The number of carbonyl (C=O) groups excluding carboxylic acids is 3. The van der Waals surface area contributed by atoms with Crippen molar-refractivity contribution in [2.75, 3.05) is 6.61 Å². The molecule has 2 unspecified atom stereocenters. The normalized spacial score (nSPS) is 25.8. The minimum absolute atomic E-state index is 0.0531. The number of benzene rings is 1. The fraction of sp³-hybridized carbons (Fsp3) is 0.609. The molecule has 4 rings (SSSR count). The first-order chi connectivity index (χ1) is 14.7. The molecule has 31 heavy (non-hydrogen) atoms. The van der Waals surface area contributed by atoms with E-state index in [0.29, 0.717) is 30.3 Å². The lowest BCUT2D eigenvalue weighted by atomic mass is 9.87. The van der Waals surface area contributed by atoms with Gasteiger partial charge in [-0.3, -0.25) is 9.59 Å². The van der Waals surface area contributed by atoms with Crippen molar-refractivity contribution in [3.63, 3.8) is 0 Å². The van der Waals surface area contributed by atoms with E-state index in [-0.39, 0.29) is 19.1 Å². The van der Waals surface area contributed by atoms with Crippen LogP contribution >= 0.6 is 0 Å². The van der Waals surface area contributed by atoms with Crippen LogP contribution in [0, 0.1) is 20.8 Å². The van der Waals surface area contributed by atoms with Gasteiger partial charge in [0.2, 0.25) is 5.60 Å². The quantitative estimate of drug-likeness (QED) is 0.676. The second-order valence-corrected chi connectivity index (χ2v) is 8.72. The lowest BCUT2D eigenvalue weighted by molar-refractivity contribution is -0.208. The maximum absolute atomic E-state index is 12.9. The molecule has 3 heterocycles. The van der Waals surface area contributed by atoms with Gasteiger partial charge in [0.05, 0.1) is 6.61 Å². The van der Waals surface area contributed by atoms with Crippen molar-refractivity contribution < 1.29 is 33.4 Å². The average molecular weight is 431 g/mol. The zero-order valence-corrected chi connectivity index (χ0v) is 18.5. The molecule has 3 aliphatic rings. The van der Waals surface area contributed by atoms with Crippen LogP contribution in [0.1, 0.15) is 67.7 Å². The summed E-state index contributed by atoms with van der Waals surface area (Å²) in [4.78, 5) is 41.6. The number of rotatable bonds is 4. The Balaban J connectivity index is 1.58. The molecule has 3 aliphatic heterocycles. The Hall–Kier alpha value is -2.61. The van der Waals surface area contributed by atoms with Crippen LogP contribution in [0.3, 0.4) is 0 Å². The number of amides is 2. The summed E-state index contributed by atoms with van der Waals surface area (Å²) >= 11 is 0. The summed E-state index contributed by atoms with van der Waals surface area (Å²) in [6, 6.07) is 0. The molecule has 2 saturated heterocycles. The maximum atomic E-state index is 12.9. The Morgan fingerprint density at radius 1 is 1.03 bits per heavy atom. The summed E-state index contributed by atoms with van der Waals surface area (Å²) in [5.41, 5.74) is 2.50. The van der Waals surface area contributed by atoms with E-state index in [1.807, 2.05) is 20.8 Å².